The molecule has 216 valence electrons. The zero-order valence-electron chi connectivity index (χ0n) is 21.9. The molecule has 2 heterocycles. The minimum absolute atomic E-state index is 0.0741. The van der Waals surface area contributed by atoms with Gasteiger partial charge in [0.05, 0.1) is 46.4 Å². The number of benzene rings is 1. The molecule has 40 heavy (non-hydrogen) atoms. The molecule has 0 saturated carbocycles. The van der Waals surface area contributed by atoms with Crippen LogP contribution in [0.1, 0.15) is 25.1 Å². The summed E-state index contributed by atoms with van der Waals surface area (Å²) < 4.78 is 67.3. The minimum Gasteiger partial charge on any atom is -0.484 e. The minimum atomic E-state index is -4.55. The number of alkyl halides is 3. The third-order valence-electron chi connectivity index (χ3n) is 5.41. The van der Waals surface area contributed by atoms with Crippen LogP contribution in [0.3, 0.4) is 0 Å². The molecule has 3 aromatic rings. The van der Waals surface area contributed by atoms with Gasteiger partial charge in [-0.2, -0.15) is 13.2 Å². The molecule has 0 aliphatic carbocycles. The van der Waals surface area contributed by atoms with Crippen molar-refractivity contribution < 1.29 is 46.0 Å². The highest BCUT2D eigenvalue weighted by Gasteiger charge is 2.30. The zero-order chi connectivity index (χ0) is 29.4. The second-order valence-corrected chi connectivity index (χ2v) is 9.69. The van der Waals surface area contributed by atoms with Crippen LogP contribution in [0, 0.1) is 6.92 Å². The predicted molar refractivity (Wildman–Crippen MR) is 136 cm³/mol. The molecule has 0 spiro atoms. The van der Waals surface area contributed by atoms with Crippen LogP contribution in [0.2, 0.25) is 0 Å². The van der Waals surface area contributed by atoms with Crippen LogP contribution in [0.15, 0.2) is 41.7 Å². The number of halogens is 3. The van der Waals surface area contributed by atoms with Gasteiger partial charge in [0.15, 0.2) is 6.61 Å². The van der Waals surface area contributed by atoms with Gasteiger partial charge >= 0.3 is 24.1 Å². The number of carbonyl (C=O) groups excluding carboxylic acids is 3. The normalized spacial score (nSPS) is 12.2. The van der Waals surface area contributed by atoms with Crippen molar-refractivity contribution in [3.8, 4) is 5.75 Å². The first-order chi connectivity index (χ1) is 18.9. The van der Waals surface area contributed by atoms with Gasteiger partial charge in [-0.25, -0.2) is 14.3 Å². The van der Waals surface area contributed by atoms with Crippen LogP contribution in [0.4, 0.5) is 18.0 Å². The van der Waals surface area contributed by atoms with Gasteiger partial charge in [0.25, 0.3) is 0 Å². The highest BCUT2D eigenvalue weighted by molar-refractivity contribution is 7.84. The largest absolute Gasteiger partial charge is 0.484 e. The molecular weight excluding hydrogens is 557 g/mol. The standard InChI is InChI=1S/C25H27F3N4O7S/c1-4-37-22(34)13-31(11-12-38-17(3)33)24(35)32-20-8-6-5-7-18(20)30-23(32)40(36)14-19-16(2)21(9-10-29-19)39-15-25(26,27)28/h5-10H,4,11-15H2,1-3H3. The van der Waals surface area contributed by atoms with Crippen molar-refractivity contribution in [2.24, 2.45) is 0 Å². The van der Waals surface area contributed by atoms with Gasteiger partial charge in [0, 0.05) is 18.7 Å². The number of nitrogens with zero attached hydrogens (tertiary/aromatic N) is 4. The molecule has 3 rings (SSSR count). The highest BCUT2D eigenvalue weighted by Crippen LogP contribution is 2.26. The summed E-state index contributed by atoms with van der Waals surface area (Å²) in [7, 11) is -2.02. The lowest BCUT2D eigenvalue weighted by atomic mass is 10.2. The fourth-order valence-electron chi connectivity index (χ4n) is 3.60. The molecule has 1 unspecified atom stereocenters. The lowest BCUT2D eigenvalue weighted by Gasteiger charge is -2.22. The number of fused-ring (bicyclic) bond motifs is 1. The molecule has 0 fully saturated rings. The topological polar surface area (TPSA) is 130 Å². The van der Waals surface area contributed by atoms with E-state index in [2.05, 4.69) is 9.97 Å². The Kier molecular flexibility index (Phi) is 10.2. The lowest BCUT2D eigenvalue weighted by Crippen LogP contribution is -2.42. The van der Waals surface area contributed by atoms with Crippen LogP contribution in [-0.2, 0) is 35.6 Å². The molecule has 0 saturated heterocycles. The molecule has 0 N–H and O–H groups in total. The Morgan fingerprint density at radius 3 is 2.52 bits per heavy atom. The van der Waals surface area contributed by atoms with E-state index in [-0.39, 0.29) is 47.7 Å². The summed E-state index contributed by atoms with van der Waals surface area (Å²) in [6, 6.07) is 6.98. The summed E-state index contributed by atoms with van der Waals surface area (Å²) in [5.41, 5.74) is 1.06. The number of pyridine rings is 1. The number of aromatic nitrogens is 3. The number of imidazole rings is 1. The predicted octanol–water partition coefficient (Wildman–Crippen LogP) is 3.38. The van der Waals surface area contributed by atoms with Crippen molar-refractivity contribution in [3.63, 3.8) is 0 Å². The van der Waals surface area contributed by atoms with Crippen molar-refractivity contribution in [1.82, 2.24) is 19.4 Å². The van der Waals surface area contributed by atoms with Gasteiger partial charge in [-0.15, -0.1) is 0 Å². The molecular formula is C25H27F3N4O7S. The number of hydrogen-bond acceptors (Lipinski definition) is 9. The molecule has 11 nitrogen and oxygen atoms in total. The SMILES string of the molecule is CCOC(=O)CN(CCOC(C)=O)C(=O)n1c(S(=O)Cc2nccc(OCC(F)(F)F)c2C)nc2ccccc21. The number of rotatable bonds is 11. The summed E-state index contributed by atoms with van der Waals surface area (Å²) in [5, 5.41) is -0.171. The van der Waals surface area contributed by atoms with E-state index in [1.165, 1.54) is 26.1 Å². The van der Waals surface area contributed by atoms with E-state index >= 15 is 0 Å². The Labute approximate surface area is 229 Å². The summed E-state index contributed by atoms with van der Waals surface area (Å²) in [5.74, 6) is -1.66. The zero-order valence-corrected chi connectivity index (χ0v) is 22.7. The fraction of sp³-hybridized carbons (Fsp3) is 0.400. The van der Waals surface area contributed by atoms with Gasteiger partial charge in [0.1, 0.15) is 18.9 Å². The molecule has 2 aromatic heterocycles. The first-order valence-electron chi connectivity index (χ1n) is 12.0. The van der Waals surface area contributed by atoms with E-state index in [1.54, 1.807) is 31.2 Å². The Morgan fingerprint density at radius 2 is 1.85 bits per heavy atom. The second-order valence-electron chi connectivity index (χ2n) is 8.34. The van der Waals surface area contributed by atoms with Crippen molar-refractivity contribution >= 4 is 39.8 Å². The van der Waals surface area contributed by atoms with Crippen LogP contribution < -0.4 is 4.74 Å². The third-order valence-corrected chi connectivity index (χ3v) is 6.62. The van der Waals surface area contributed by atoms with E-state index in [0.717, 1.165) is 9.47 Å². The van der Waals surface area contributed by atoms with Crippen molar-refractivity contribution in [1.29, 1.82) is 0 Å². The van der Waals surface area contributed by atoms with Crippen LogP contribution in [-0.4, -0.2) is 80.7 Å². The van der Waals surface area contributed by atoms with E-state index in [4.69, 9.17) is 14.2 Å². The molecule has 1 aromatic carbocycles. The lowest BCUT2D eigenvalue weighted by molar-refractivity contribution is -0.153. The Morgan fingerprint density at radius 1 is 1.12 bits per heavy atom. The number of hydrogen-bond donors (Lipinski definition) is 0. The monoisotopic (exact) mass is 584 g/mol. The average molecular weight is 585 g/mol. The first-order valence-corrected chi connectivity index (χ1v) is 13.3. The van der Waals surface area contributed by atoms with Crippen LogP contribution >= 0.6 is 0 Å². The van der Waals surface area contributed by atoms with Crippen molar-refractivity contribution in [2.75, 3.05) is 32.9 Å². The van der Waals surface area contributed by atoms with E-state index in [1.807, 2.05) is 0 Å². The molecule has 0 aliphatic heterocycles. The number of esters is 2. The highest BCUT2D eigenvalue weighted by atomic mass is 32.2. The van der Waals surface area contributed by atoms with Crippen molar-refractivity contribution in [2.45, 2.75) is 37.9 Å². The Bertz CT molecular complexity index is 1410. The molecule has 0 radical (unpaired) electrons. The van der Waals surface area contributed by atoms with Gasteiger partial charge in [0.2, 0.25) is 5.16 Å². The second kappa shape index (κ2) is 13.4. The summed E-state index contributed by atoms with van der Waals surface area (Å²) in [6.07, 6.45) is -3.32. The maximum absolute atomic E-state index is 13.7. The molecule has 1 amide bonds. The van der Waals surface area contributed by atoms with Gasteiger partial charge < -0.3 is 19.1 Å². The Hall–Kier alpha value is -4.01. The maximum atomic E-state index is 13.7. The fourth-order valence-corrected chi connectivity index (χ4v) is 4.85. The van der Waals surface area contributed by atoms with Gasteiger partial charge in [-0.1, -0.05) is 12.1 Å². The Balaban J connectivity index is 1.97. The summed E-state index contributed by atoms with van der Waals surface area (Å²) in [4.78, 5) is 46.8. The van der Waals surface area contributed by atoms with Crippen LogP contribution in [0.25, 0.3) is 11.0 Å². The number of ether oxygens (including phenoxy) is 3. The van der Waals surface area contributed by atoms with Gasteiger partial charge in [-0.05, 0) is 32.0 Å². The quantitative estimate of drug-likeness (QED) is 0.311. The third kappa shape index (κ3) is 8.00. The average Bonchev–Trinajstić information content (AvgIpc) is 3.27. The molecule has 0 aliphatic rings. The summed E-state index contributed by atoms with van der Waals surface area (Å²) >= 11 is 0. The van der Waals surface area contributed by atoms with Crippen molar-refractivity contribution in [3.05, 3.63) is 47.8 Å². The molecule has 0 bridgehead atoms. The van der Waals surface area contributed by atoms with E-state index < -0.39 is 48.1 Å². The molecule has 15 heteroatoms. The molecule has 1 atom stereocenters. The van der Waals surface area contributed by atoms with E-state index in [9.17, 15) is 31.8 Å². The number of carbonyl (C=O) groups is 3. The summed E-state index contributed by atoms with van der Waals surface area (Å²) in [6.45, 7) is 1.99. The van der Waals surface area contributed by atoms with E-state index in [0.29, 0.717) is 11.0 Å². The number of amides is 1. The number of para-hydroxylation sites is 2. The first kappa shape index (κ1) is 30.5. The smallest absolute Gasteiger partial charge is 0.422 e. The maximum Gasteiger partial charge on any atom is 0.422 e. The van der Waals surface area contributed by atoms with Gasteiger partial charge in [-0.3, -0.25) is 18.8 Å². The van der Waals surface area contributed by atoms with Crippen LogP contribution in [0.5, 0.6) is 5.75 Å².